The first kappa shape index (κ1) is 14.5. The summed E-state index contributed by atoms with van der Waals surface area (Å²) >= 11 is 0. The third kappa shape index (κ3) is 4.06. The number of benzene rings is 2. The Balaban J connectivity index is 2.12. The van der Waals surface area contributed by atoms with Crippen LogP contribution < -0.4 is 0 Å². The maximum atomic E-state index is 13.6. The quantitative estimate of drug-likeness (QED) is 0.609. The maximum Gasteiger partial charge on any atom is 0.101 e. The van der Waals surface area contributed by atoms with E-state index in [-0.39, 0.29) is 5.83 Å². The highest BCUT2D eigenvalue weighted by Crippen LogP contribution is 2.22. The molecule has 0 atom stereocenters. The third-order valence-electron chi connectivity index (χ3n) is 3.39. The summed E-state index contributed by atoms with van der Waals surface area (Å²) in [7, 11) is 0. The van der Waals surface area contributed by atoms with Crippen molar-refractivity contribution in [1.82, 2.24) is 0 Å². The van der Waals surface area contributed by atoms with Gasteiger partial charge in [0.1, 0.15) is 5.83 Å². The molecule has 0 unspecified atom stereocenters. The topological polar surface area (TPSA) is 0 Å². The number of aryl methyl sites for hydroxylation is 1. The Bertz CT molecular complexity index is 562. The number of allylic oxidation sites excluding steroid dienone is 1. The zero-order valence-electron chi connectivity index (χ0n) is 12.2. The molecule has 0 fully saturated rings. The average molecular weight is 268 g/mol. The van der Waals surface area contributed by atoms with Gasteiger partial charge in [0, 0.05) is 0 Å². The molecule has 0 aliphatic carbocycles. The van der Waals surface area contributed by atoms with E-state index in [0.29, 0.717) is 6.42 Å². The average Bonchev–Trinajstić information content (AvgIpc) is 2.47. The van der Waals surface area contributed by atoms with Crippen LogP contribution in [0.2, 0.25) is 0 Å². The lowest BCUT2D eigenvalue weighted by molar-refractivity contribution is 0.577. The highest BCUT2D eigenvalue weighted by atomic mass is 19.1. The largest absolute Gasteiger partial charge is 0.212 e. The van der Waals surface area contributed by atoms with Crippen LogP contribution in [0.1, 0.15) is 37.3 Å². The van der Waals surface area contributed by atoms with Gasteiger partial charge in [0.15, 0.2) is 0 Å². The lowest BCUT2D eigenvalue weighted by atomic mass is 10.0. The summed E-state index contributed by atoms with van der Waals surface area (Å²) in [6, 6.07) is 16.5. The summed E-state index contributed by atoms with van der Waals surface area (Å²) in [5, 5.41) is 0. The molecule has 0 heterocycles. The lowest BCUT2D eigenvalue weighted by Gasteiger charge is -2.03. The Morgan fingerprint density at radius 2 is 1.50 bits per heavy atom. The van der Waals surface area contributed by atoms with E-state index in [9.17, 15) is 4.39 Å². The Hall–Kier alpha value is -1.89. The van der Waals surface area contributed by atoms with Crippen molar-refractivity contribution in [3.05, 3.63) is 65.5 Å². The molecule has 0 saturated carbocycles. The van der Waals surface area contributed by atoms with E-state index in [1.54, 1.807) is 6.08 Å². The van der Waals surface area contributed by atoms with Gasteiger partial charge in [-0.2, -0.15) is 0 Å². The number of unbranched alkanes of at least 4 members (excludes halogenated alkanes) is 1. The van der Waals surface area contributed by atoms with E-state index in [0.717, 1.165) is 24.0 Å². The van der Waals surface area contributed by atoms with Gasteiger partial charge in [0.2, 0.25) is 0 Å². The molecule has 0 N–H and O–H groups in total. The molecule has 0 saturated heterocycles. The van der Waals surface area contributed by atoms with Crippen molar-refractivity contribution in [1.29, 1.82) is 0 Å². The molecule has 2 rings (SSSR count). The standard InChI is InChI=1S/C19H21F/c1-3-4-5-19(20)14-16-8-12-18(13-9-16)17-10-6-15(2)7-11-17/h6-14H,3-5H2,1-2H3/b19-14+. The fraction of sp³-hybridized carbons (Fsp3) is 0.263. The highest BCUT2D eigenvalue weighted by Gasteiger charge is 1.99. The second-order valence-corrected chi connectivity index (χ2v) is 5.18. The van der Waals surface area contributed by atoms with Gasteiger partial charge in [-0.3, -0.25) is 0 Å². The van der Waals surface area contributed by atoms with Gasteiger partial charge in [-0.05, 0) is 42.5 Å². The van der Waals surface area contributed by atoms with Crippen LogP contribution in [0.4, 0.5) is 4.39 Å². The minimum atomic E-state index is -0.0325. The Morgan fingerprint density at radius 3 is 2.05 bits per heavy atom. The predicted molar refractivity (Wildman–Crippen MR) is 85.2 cm³/mol. The van der Waals surface area contributed by atoms with Crippen LogP contribution in [0.3, 0.4) is 0 Å². The second-order valence-electron chi connectivity index (χ2n) is 5.18. The Morgan fingerprint density at radius 1 is 0.950 bits per heavy atom. The van der Waals surface area contributed by atoms with Crippen molar-refractivity contribution in [2.45, 2.75) is 33.1 Å². The zero-order valence-corrected chi connectivity index (χ0v) is 12.2. The van der Waals surface area contributed by atoms with Crippen molar-refractivity contribution >= 4 is 6.08 Å². The molecule has 0 nitrogen and oxygen atoms in total. The van der Waals surface area contributed by atoms with Gasteiger partial charge in [-0.15, -0.1) is 0 Å². The van der Waals surface area contributed by atoms with Crippen molar-refractivity contribution in [3.8, 4) is 11.1 Å². The van der Waals surface area contributed by atoms with Gasteiger partial charge in [0.25, 0.3) is 0 Å². The molecule has 0 amide bonds. The monoisotopic (exact) mass is 268 g/mol. The fourth-order valence-electron chi connectivity index (χ4n) is 2.12. The fourth-order valence-corrected chi connectivity index (χ4v) is 2.12. The highest BCUT2D eigenvalue weighted by molar-refractivity contribution is 5.66. The summed E-state index contributed by atoms with van der Waals surface area (Å²) in [6.07, 6.45) is 4.10. The minimum Gasteiger partial charge on any atom is -0.212 e. The van der Waals surface area contributed by atoms with Gasteiger partial charge < -0.3 is 0 Å². The van der Waals surface area contributed by atoms with E-state index in [1.807, 2.05) is 24.3 Å². The molecular weight excluding hydrogens is 247 g/mol. The number of hydrogen-bond acceptors (Lipinski definition) is 0. The van der Waals surface area contributed by atoms with Crippen LogP contribution in [-0.2, 0) is 0 Å². The second kappa shape index (κ2) is 7.04. The van der Waals surface area contributed by atoms with Crippen molar-refractivity contribution in [2.24, 2.45) is 0 Å². The summed E-state index contributed by atoms with van der Waals surface area (Å²) in [5.41, 5.74) is 4.54. The molecule has 0 aliphatic rings. The summed E-state index contributed by atoms with van der Waals surface area (Å²) in [5.74, 6) is -0.0325. The molecule has 104 valence electrons. The van der Waals surface area contributed by atoms with Gasteiger partial charge >= 0.3 is 0 Å². The van der Waals surface area contributed by atoms with E-state index in [4.69, 9.17) is 0 Å². The molecule has 0 aromatic heterocycles. The molecule has 1 heteroatoms. The van der Waals surface area contributed by atoms with Gasteiger partial charge in [-0.1, -0.05) is 67.4 Å². The van der Waals surface area contributed by atoms with E-state index < -0.39 is 0 Å². The van der Waals surface area contributed by atoms with Crippen LogP contribution in [0, 0.1) is 6.92 Å². The van der Waals surface area contributed by atoms with Crippen LogP contribution in [0.15, 0.2) is 54.4 Å². The van der Waals surface area contributed by atoms with Crippen LogP contribution in [-0.4, -0.2) is 0 Å². The van der Waals surface area contributed by atoms with Crippen LogP contribution in [0.25, 0.3) is 17.2 Å². The first-order valence-electron chi connectivity index (χ1n) is 7.22. The molecule has 0 spiro atoms. The smallest absolute Gasteiger partial charge is 0.101 e. The molecule has 2 aromatic carbocycles. The van der Waals surface area contributed by atoms with E-state index in [1.165, 1.54) is 11.1 Å². The normalized spacial score (nSPS) is 11.7. The van der Waals surface area contributed by atoms with E-state index in [2.05, 4.69) is 38.1 Å². The molecule has 0 aliphatic heterocycles. The summed E-state index contributed by atoms with van der Waals surface area (Å²) in [6.45, 7) is 4.15. The number of rotatable bonds is 5. The molecule has 0 radical (unpaired) electrons. The lowest BCUT2D eigenvalue weighted by Crippen LogP contribution is -1.81. The molecule has 2 aromatic rings. The Kier molecular flexibility index (Phi) is 5.11. The van der Waals surface area contributed by atoms with Crippen molar-refractivity contribution in [2.75, 3.05) is 0 Å². The summed E-state index contributed by atoms with van der Waals surface area (Å²) in [4.78, 5) is 0. The number of hydrogen-bond donors (Lipinski definition) is 0. The number of halogens is 1. The Labute approximate surface area is 121 Å². The van der Waals surface area contributed by atoms with E-state index >= 15 is 0 Å². The molecule has 20 heavy (non-hydrogen) atoms. The van der Waals surface area contributed by atoms with Gasteiger partial charge in [0.05, 0.1) is 0 Å². The first-order valence-corrected chi connectivity index (χ1v) is 7.22. The first-order chi connectivity index (χ1) is 9.69. The van der Waals surface area contributed by atoms with Gasteiger partial charge in [-0.25, -0.2) is 4.39 Å². The zero-order chi connectivity index (χ0) is 14.4. The third-order valence-corrected chi connectivity index (χ3v) is 3.39. The minimum absolute atomic E-state index is 0.0325. The summed E-state index contributed by atoms with van der Waals surface area (Å²) < 4.78 is 13.6. The maximum absolute atomic E-state index is 13.6. The van der Waals surface area contributed by atoms with Crippen molar-refractivity contribution in [3.63, 3.8) is 0 Å². The SMILES string of the molecule is CCCC/C(F)=C\c1ccc(-c2ccc(C)cc2)cc1. The van der Waals surface area contributed by atoms with Crippen LogP contribution in [0.5, 0.6) is 0 Å². The molecular formula is C19H21F. The molecule has 0 bridgehead atoms. The predicted octanol–water partition coefficient (Wildman–Crippen LogP) is 6.16. The van der Waals surface area contributed by atoms with Crippen molar-refractivity contribution < 1.29 is 4.39 Å². The van der Waals surface area contributed by atoms with Crippen LogP contribution >= 0.6 is 0 Å².